The third kappa shape index (κ3) is 3.47. The monoisotopic (exact) mass is 340 g/mol. The molecule has 130 valence electrons. The van der Waals surface area contributed by atoms with E-state index in [0.717, 1.165) is 31.6 Å². The summed E-state index contributed by atoms with van der Waals surface area (Å²) in [5, 5.41) is 2.84. The Morgan fingerprint density at radius 3 is 2.52 bits per heavy atom. The van der Waals surface area contributed by atoms with E-state index in [1.165, 1.54) is 0 Å². The molecule has 2 aliphatic rings. The van der Waals surface area contributed by atoms with E-state index in [-0.39, 0.29) is 5.91 Å². The van der Waals surface area contributed by atoms with Crippen molar-refractivity contribution in [3.63, 3.8) is 0 Å². The number of carbonyl (C=O) groups excluding carboxylic acids is 1. The van der Waals surface area contributed by atoms with Crippen molar-refractivity contribution in [1.82, 2.24) is 9.97 Å². The van der Waals surface area contributed by atoms with Crippen molar-refractivity contribution in [3.05, 3.63) is 48.3 Å². The number of amides is 1. The fraction of sp³-hybridized carbons (Fsp3) is 0.389. The Labute approximate surface area is 146 Å². The highest BCUT2D eigenvalue weighted by atomic mass is 16.7. The van der Waals surface area contributed by atoms with Crippen LogP contribution in [0.5, 0.6) is 0 Å². The van der Waals surface area contributed by atoms with Gasteiger partial charge in [-0.1, -0.05) is 18.2 Å². The van der Waals surface area contributed by atoms with E-state index in [0.29, 0.717) is 24.9 Å². The van der Waals surface area contributed by atoms with Gasteiger partial charge in [-0.2, -0.15) is 0 Å². The first-order valence-electron chi connectivity index (χ1n) is 8.46. The summed E-state index contributed by atoms with van der Waals surface area (Å²) in [6.45, 7) is 2.80. The van der Waals surface area contributed by atoms with Crippen LogP contribution < -0.4 is 10.2 Å². The fourth-order valence-corrected chi connectivity index (χ4v) is 3.18. The number of benzene rings is 1. The van der Waals surface area contributed by atoms with Crippen LogP contribution in [0.4, 0.5) is 11.6 Å². The maximum Gasteiger partial charge on any atom is 0.274 e. The highest BCUT2D eigenvalue weighted by Crippen LogP contribution is 2.32. The second kappa shape index (κ2) is 6.78. The van der Waals surface area contributed by atoms with Crippen LogP contribution in [0.2, 0.25) is 0 Å². The number of rotatable bonds is 3. The van der Waals surface area contributed by atoms with Crippen molar-refractivity contribution in [2.75, 3.05) is 36.5 Å². The Hall–Kier alpha value is -2.51. The molecule has 25 heavy (non-hydrogen) atoms. The standard InChI is InChI=1S/C18H20N4O3/c23-16(20-14-4-2-1-3-5-14)15-6-9-19-17(21-15)22-10-7-18(8-11-22)24-12-13-25-18/h1-6,9H,7-8,10-13H2,(H,20,23). The third-order valence-electron chi connectivity index (χ3n) is 4.53. The van der Waals surface area contributed by atoms with Crippen molar-refractivity contribution >= 4 is 17.5 Å². The Bertz CT molecular complexity index is 737. The zero-order valence-corrected chi connectivity index (χ0v) is 13.9. The minimum atomic E-state index is -0.432. The van der Waals surface area contributed by atoms with Crippen molar-refractivity contribution in [3.8, 4) is 0 Å². The first-order valence-corrected chi connectivity index (χ1v) is 8.46. The van der Waals surface area contributed by atoms with Crippen LogP contribution in [-0.2, 0) is 9.47 Å². The van der Waals surface area contributed by atoms with E-state index in [4.69, 9.17) is 9.47 Å². The smallest absolute Gasteiger partial charge is 0.274 e. The minimum absolute atomic E-state index is 0.245. The molecule has 1 aromatic carbocycles. The maximum atomic E-state index is 12.4. The van der Waals surface area contributed by atoms with E-state index in [1.807, 2.05) is 30.3 Å². The summed E-state index contributed by atoms with van der Waals surface area (Å²) < 4.78 is 11.5. The summed E-state index contributed by atoms with van der Waals surface area (Å²) in [7, 11) is 0. The lowest BCUT2D eigenvalue weighted by atomic mass is 10.0. The van der Waals surface area contributed by atoms with Crippen molar-refractivity contribution in [1.29, 1.82) is 0 Å². The van der Waals surface area contributed by atoms with E-state index in [1.54, 1.807) is 12.3 Å². The molecule has 1 aromatic heterocycles. The molecule has 0 bridgehead atoms. The second-order valence-electron chi connectivity index (χ2n) is 6.16. The van der Waals surface area contributed by atoms with Crippen LogP contribution in [0.25, 0.3) is 0 Å². The largest absolute Gasteiger partial charge is 0.347 e. The van der Waals surface area contributed by atoms with Gasteiger partial charge < -0.3 is 19.7 Å². The van der Waals surface area contributed by atoms with Crippen LogP contribution in [0, 0.1) is 0 Å². The van der Waals surface area contributed by atoms with E-state index >= 15 is 0 Å². The summed E-state index contributed by atoms with van der Waals surface area (Å²) in [6.07, 6.45) is 3.17. The van der Waals surface area contributed by atoms with E-state index in [2.05, 4.69) is 20.2 Å². The number of anilines is 2. The van der Waals surface area contributed by atoms with Crippen LogP contribution in [0.15, 0.2) is 42.6 Å². The number of aromatic nitrogens is 2. The Morgan fingerprint density at radius 2 is 1.80 bits per heavy atom. The molecular weight excluding hydrogens is 320 g/mol. The van der Waals surface area contributed by atoms with Crippen molar-refractivity contribution < 1.29 is 14.3 Å². The Balaban J connectivity index is 1.44. The van der Waals surface area contributed by atoms with Gasteiger partial charge in [0.1, 0.15) is 5.69 Å². The lowest BCUT2D eigenvalue weighted by Gasteiger charge is -2.37. The van der Waals surface area contributed by atoms with Crippen LogP contribution in [0.1, 0.15) is 23.3 Å². The molecule has 7 nitrogen and oxygen atoms in total. The first-order chi connectivity index (χ1) is 12.2. The predicted molar refractivity (Wildman–Crippen MR) is 92.5 cm³/mol. The molecule has 7 heteroatoms. The molecule has 2 aliphatic heterocycles. The third-order valence-corrected chi connectivity index (χ3v) is 4.53. The maximum absolute atomic E-state index is 12.4. The molecule has 0 aliphatic carbocycles. The number of para-hydroxylation sites is 1. The minimum Gasteiger partial charge on any atom is -0.347 e. The molecule has 1 amide bonds. The molecule has 2 aromatic rings. The van der Waals surface area contributed by atoms with Gasteiger partial charge in [0, 0.05) is 37.8 Å². The van der Waals surface area contributed by atoms with Gasteiger partial charge in [-0.3, -0.25) is 4.79 Å². The van der Waals surface area contributed by atoms with Gasteiger partial charge in [0.25, 0.3) is 5.91 Å². The predicted octanol–water partition coefficient (Wildman–Crippen LogP) is 2.07. The molecule has 3 heterocycles. The molecule has 2 fully saturated rings. The average Bonchev–Trinajstić information content (AvgIpc) is 3.11. The number of nitrogens with one attached hydrogen (secondary N) is 1. The zero-order chi connectivity index (χ0) is 17.1. The van der Waals surface area contributed by atoms with Crippen LogP contribution in [0.3, 0.4) is 0 Å². The van der Waals surface area contributed by atoms with Gasteiger partial charge in [0.05, 0.1) is 13.2 Å². The molecule has 2 saturated heterocycles. The number of carbonyl (C=O) groups is 1. The molecule has 0 saturated carbocycles. The molecule has 4 rings (SSSR count). The van der Waals surface area contributed by atoms with E-state index in [9.17, 15) is 4.79 Å². The zero-order valence-electron chi connectivity index (χ0n) is 13.9. The van der Waals surface area contributed by atoms with E-state index < -0.39 is 5.79 Å². The molecule has 0 atom stereocenters. The highest BCUT2D eigenvalue weighted by molar-refractivity contribution is 6.02. The SMILES string of the molecule is O=C(Nc1ccccc1)c1ccnc(N2CCC3(CC2)OCCO3)n1. The normalized spacial score (nSPS) is 19.1. The summed E-state index contributed by atoms with van der Waals surface area (Å²) in [5.74, 6) is -0.113. The summed E-state index contributed by atoms with van der Waals surface area (Å²) in [4.78, 5) is 23.2. The van der Waals surface area contributed by atoms with Crippen molar-refractivity contribution in [2.24, 2.45) is 0 Å². The van der Waals surface area contributed by atoms with Gasteiger partial charge in [-0.25, -0.2) is 9.97 Å². The highest BCUT2D eigenvalue weighted by Gasteiger charge is 2.40. The van der Waals surface area contributed by atoms with Crippen LogP contribution >= 0.6 is 0 Å². The summed E-state index contributed by atoms with van der Waals surface area (Å²) in [6, 6.07) is 10.9. The number of hydrogen-bond acceptors (Lipinski definition) is 6. The number of hydrogen-bond donors (Lipinski definition) is 1. The van der Waals surface area contributed by atoms with Gasteiger partial charge in [-0.15, -0.1) is 0 Å². The lowest BCUT2D eigenvalue weighted by molar-refractivity contribution is -0.169. The van der Waals surface area contributed by atoms with Gasteiger partial charge >= 0.3 is 0 Å². The second-order valence-corrected chi connectivity index (χ2v) is 6.16. The molecule has 0 unspecified atom stereocenters. The summed E-state index contributed by atoms with van der Waals surface area (Å²) >= 11 is 0. The van der Waals surface area contributed by atoms with Gasteiger partial charge in [-0.05, 0) is 18.2 Å². The average molecular weight is 340 g/mol. The topological polar surface area (TPSA) is 76.6 Å². The summed E-state index contributed by atoms with van der Waals surface area (Å²) in [5.41, 5.74) is 1.09. The van der Waals surface area contributed by atoms with Gasteiger partial charge in [0.15, 0.2) is 5.79 Å². The Morgan fingerprint density at radius 1 is 1.08 bits per heavy atom. The van der Waals surface area contributed by atoms with Gasteiger partial charge in [0.2, 0.25) is 5.95 Å². The Kier molecular flexibility index (Phi) is 4.33. The molecule has 1 spiro atoms. The number of ether oxygens (including phenoxy) is 2. The fourth-order valence-electron chi connectivity index (χ4n) is 3.18. The molecule has 0 radical (unpaired) electrons. The lowest BCUT2D eigenvalue weighted by Crippen LogP contribution is -2.45. The first kappa shape index (κ1) is 16.0. The van der Waals surface area contributed by atoms with Crippen molar-refractivity contribution in [2.45, 2.75) is 18.6 Å². The molecule has 1 N–H and O–H groups in total. The number of piperidine rings is 1. The quantitative estimate of drug-likeness (QED) is 0.922. The van der Waals surface area contributed by atoms with Crippen LogP contribution in [-0.4, -0.2) is 48.0 Å². The molecular formula is C18H20N4O3. The number of nitrogens with zero attached hydrogens (tertiary/aromatic N) is 3.